The minimum atomic E-state index is -4.93. The van der Waals surface area contributed by atoms with E-state index in [1.807, 2.05) is 0 Å². The van der Waals surface area contributed by atoms with Crippen LogP contribution in [0, 0.1) is 0 Å². The molecule has 0 aliphatic carbocycles. The molecule has 5 unspecified atom stereocenters. The molecule has 87 heavy (non-hydrogen) atoms. The van der Waals surface area contributed by atoms with E-state index in [1.165, 1.54) is 25.7 Å². The van der Waals surface area contributed by atoms with Gasteiger partial charge in [0.15, 0.2) is 6.10 Å². The summed E-state index contributed by atoms with van der Waals surface area (Å²) in [4.78, 5) is 58.3. The van der Waals surface area contributed by atoms with Gasteiger partial charge in [-0.2, -0.15) is 0 Å². The molecular weight excluding hydrogens is 1150 g/mol. The number of rotatable bonds is 61. The number of aliphatic hydroxyl groups excluding tert-OH is 2. The number of hydrogen-bond donors (Lipinski definition) is 4. The van der Waals surface area contributed by atoms with Crippen LogP contribution in [-0.2, 0) is 55.8 Å². The molecule has 0 aromatic carbocycles. The van der Waals surface area contributed by atoms with Crippen molar-refractivity contribution in [2.24, 2.45) is 0 Å². The number of carbonyl (C=O) groups excluding carboxylic acids is 3. The normalized spacial score (nSPS) is 15.1. The minimum absolute atomic E-state index is 0.0888. The topological polar surface area (TPSA) is 231 Å². The molecular formula is C69H116O16P2. The second-order valence-corrected chi connectivity index (χ2v) is 24.4. The molecule has 0 spiro atoms. The minimum Gasteiger partial charge on any atom is -0.463 e. The first-order chi connectivity index (χ1) is 42.2. The van der Waals surface area contributed by atoms with Crippen LogP contribution in [0.4, 0.5) is 0 Å². The van der Waals surface area contributed by atoms with Crippen molar-refractivity contribution in [3.63, 3.8) is 0 Å². The van der Waals surface area contributed by atoms with Crippen molar-refractivity contribution in [2.45, 2.75) is 257 Å². The Hall–Kier alpha value is -4.05. The van der Waals surface area contributed by atoms with Crippen LogP contribution < -0.4 is 0 Å². The molecule has 18 heteroatoms. The third-order valence-electron chi connectivity index (χ3n) is 13.2. The van der Waals surface area contributed by atoms with Gasteiger partial charge in [0.2, 0.25) is 0 Å². The molecule has 4 N–H and O–H groups in total. The van der Waals surface area contributed by atoms with E-state index in [1.54, 1.807) is 0 Å². The molecule has 498 valence electrons. The number of phosphoric ester groups is 2. The second-order valence-electron chi connectivity index (χ2n) is 21.5. The molecule has 0 radical (unpaired) electrons. The van der Waals surface area contributed by atoms with Gasteiger partial charge in [-0.1, -0.05) is 213 Å². The summed E-state index contributed by atoms with van der Waals surface area (Å²) >= 11 is 0. The van der Waals surface area contributed by atoms with E-state index in [9.17, 15) is 43.5 Å². The number of unbranched alkanes of at least 4 members (excludes halogenated alkanes) is 18. The molecule has 0 rings (SSSR count). The first kappa shape index (κ1) is 83.0. The predicted octanol–water partition coefficient (Wildman–Crippen LogP) is 17.9. The summed E-state index contributed by atoms with van der Waals surface area (Å²) < 4.78 is 60.7. The van der Waals surface area contributed by atoms with E-state index < -0.39 is 91.5 Å². The lowest BCUT2D eigenvalue weighted by molar-refractivity contribution is -0.161. The lowest BCUT2D eigenvalue weighted by Crippen LogP contribution is -2.30. The standard InChI is InChI=1S/C69H116O16P2/c1-4-7-10-13-16-19-22-25-27-29-30-31-32-34-36-38-40-43-46-49-52-55-67(72)79-58-64(70)59-81-86(75,76)82-60-65(71)61-83-87(77,78)84-63-66(85-69(74)57-54-51-48-45-42-37-24-21-18-15-12-9-6-3)62-80-68(73)56-53-50-47-44-41-39-35-33-28-26-23-20-17-14-11-8-5-2/h7-8,10-11,16-17,19-21,24-28,30-31,34,36,40,43,64-66,70-71H,4-6,9,12-15,18,22-23,29,32-33,35,37-39,41-42,44-63H2,1-3H3,(H,75,76)(H,77,78)/b10-7-,11-8-,19-16-,20-17-,24-21-,27-25-,28-26-,31-30-,36-34-,43-40-. The van der Waals surface area contributed by atoms with Crippen molar-refractivity contribution in [2.75, 3.05) is 39.6 Å². The van der Waals surface area contributed by atoms with E-state index in [0.29, 0.717) is 19.3 Å². The Kier molecular flexibility index (Phi) is 59.3. The summed E-state index contributed by atoms with van der Waals surface area (Å²) in [6.45, 7) is 2.33. The highest BCUT2D eigenvalue weighted by Gasteiger charge is 2.29. The van der Waals surface area contributed by atoms with Crippen LogP contribution in [0.1, 0.15) is 239 Å². The van der Waals surface area contributed by atoms with Crippen LogP contribution in [0.3, 0.4) is 0 Å². The van der Waals surface area contributed by atoms with Gasteiger partial charge in [0.1, 0.15) is 25.4 Å². The van der Waals surface area contributed by atoms with Crippen molar-refractivity contribution in [1.82, 2.24) is 0 Å². The Balaban J connectivity index is 4.69. The number of carbonyl (C=O) groups is 3. The second kappa shape index (κ2) is 62.2. The average molecular weight is 1260 g/mol. The zero-order chi connectivity index (χ0) is 63.8. The zero-order valence-electron chi connectivity index (χ0n) is 53.6. The highest BCUT2D eigenvalue weighted by Crippen LogP contribution is 2.45. The smallest absolute Gasteiger partial charge is 0.463 e. The summed E-state index contributed by atoms with van der Waals surface area (Å²) in [5.74, 6) is -1.64. The molecule has 5 atom stereocenters. The Morgan fingerprint density at radius 2 is 0.609 bits per heavy atom. The Bertz CT molecular complexity index is 2070. The molecule has 0 bridgehead atoms. The van der Waals surface area contributed by atoms with E-state index in [-0.39, 0.29) is 19.3 Å². The van der Waals surface area contributed by atoms with Crippen molar-refractivity contribution >= 4 is 33.6 Å². The van der Waals surface area contributed by atoms with Gasteiger partial charge < -0.3 is 34.2 Å². The number of allylic oxidation sites excluding steroid dienone is 20. The third-order valence-corrected chi connectivity index (χ3v) is 15.1. The molecule has 0 aromatic heterocycles. The quantitative estimate of drug-likeness (QED) is 0.0146. The molecule has 0 amide bonds. The Labute approximate surface area is 525 Å². The van der Waals surface area contributed by atoms with Crippen molar-refractivity contribution in [3.05, 3.63) is 122 Å². The van der Waals surface area contributed by atoms with Crippen molar-refractivity contribution in [1.29, 1.82) is 0 Å². The number of esters is 3. The summed E-state index contributed by atoms with van der Waals surface area (Å²) in [7, 11) is -9.79. The highest BCUT2D eigenvalue weighted by atomic mass is 31.2. The monoisotopic (exact) mass is 1260 g/mol. The van der Waals surface area contributed by atoms with Gasteiger partial charge in [0.25, 0.3) is 0 Å². The van der Waals surface area contributed by atoms with Crippen LogP contribution in [-0.4, -0.2) is 95.9 Å². The van der Waals surface area contributed by atoms with Gasteiger partial charge in [-0.3, -0.25) is 32.5 Å². The SMILES string of the molecule is CC/C=C\C/C=C\C/C=C\C/C=C\C/C=C\C/C=C\CCCCC(=O)OCC(O)COP(=O)(O)OCC(O)COP(=O)(O)OCC(COC(=O)CCCCCCCCC/C=C\C/C=C\C/C=C\CC)OC(=O)CCCCCCC/C=C\CCCCCC. The maximum absolute atomic E-state index is 12.9. The molecule has 0 aliphatic heterocycles. The van der Waals surface area contributed by atoms with E-state index in [0.717, 1.165) is 154 Å². The summed E-state index contributed by atoms with van der Waals surface area (Å²) in [5, 5.41) is 20.5. The van der Waals surface area contributed by atoms with Gasteiger partial charge in [0.05, 0.1) is 26.4 Å². The molecule has 0 aromatic rings. The van der Waals surface area contributed by atoms with Crippen LogP contribution in [0.15, 0.2) is 122 Å². The molecule has 0 fully saturated rings. The van der Waals surface area contributed by atoms with Crippen LogP contribution >= 0.6 is 15.6 Å². The third kappa shape index (κ3) is 63.3. The van der Waals surface area contributed by atoms with E-state index in [4.69, 9.17) is 32.3 Å². The molecule has 0 saturated heterocycles. The molecule has 0 heterocycles. The maximum Gasteiger partial charge on any atom is 0.472 e. The maximum atomic E-state index is 12.9. The number of phosphoric acid groups is 2. The van der Waals surface area contributed by atoms with Crippen LogP contribution in [0.25, 0.3) is 0 Å². The lowest BCUT2D eigenvalue weighted by atomic mass is 10.1. The van der Waals surface area contributed by atoms with Crippen LogP contribution in [0.5, 0.6) is 0 Å². The molecule has 0 saturated carbocycles. The van der Waals surface area contributed by atoms with Gasteiger partial charge in [0, 0.05) is 19.3 Å². The average Bonchev–Trinajstić information content (AvgIpc) is 3.69. The van der Waals surface area contributed by atoms with Crippen molar-refractivity contribution in [3.8, 4) is 0 Å². The fraction of sp³-hybridized carbons (Fsp3) is 0.667. The predicted molar refractivity (Wildman–Crippen MR) is 353 cm³/mol. The van der Waals surface area contributed by atoms with Gasteiger partial charge >= 0.3 is 33.6 Å². The highest BCUT2D eigenvalue weighted by molar-refractivity contribution is 7.47. The zero-order valence-corrected chi connectivity index (χ0v) is 55.4. The fourth-order valence-corrected chi connectivity index (χ4v) is 9.75. The van der Waals surface area contributed by atoms with Gasteiger partial charge in [-0.15, -0.1) is 0 Å². The lowest BCUT2D eigenvalue weighted by Gasteiger charge is -2.21. The summed E-state index contributed by atoms with van der Waals surface area (Å²) in [6.07, 6.45) is 69.7. The molecule has 0 aliphatic rings. The number of aliphatic hydroxyl groups is 2. The molecule has 16 nitrogen and oxygen atoms in total. The van der Waals surface area contributed by atoms with E-state index >= 15 is 0 Å². The number of ether oxygens (including phenoxy) is 3. The first-order valence-corrected chi connectivity index (χ1v) is 35.8. The fourth-order valence-electron chi connectivity index (χ4n) is 8.17. The Morgan fingerprint density at radius 3 is 1.00 bits per heavy atom. The van der Waals surface area contributed by atoms with Crippen molar-refractivity contribution < 1.29 is 75.8 Å². The Morgan fingerprint density at radius 1 is 0.333 bits per heavy atom. The van der Waals surface area contributed by atoms with E-state index in [2.05, 4.69) is 142 Å². The number of hydrogen-bond acceptors (Lipinski definition) is 14. The summed E-state index contributed by atoms with van der Waals surface area (Å²) in [6, 6.07) is 0. The van der Waals surface area contributed by atoms with Gasteiger partial charge in [-0.05, 0) is 128 Å². The van der Waals surface area contributed by atoms with Gasteiger partial charge in [-0.25, -0.2) is 9.13 Å². The first-order valence-electron chi connectivity index (χ1n) is 32.8. The van der Waals surface area contributed by atoms with Crippen LogP contribution in [0.2, 0.25) is 0 Å². The largest absolute Gasteiger partial charge is 0.472 e. The summed E-state index contributed by atoms with van der Waals surface area (Å²) in [5.41, 5.74) is 0.